The van der Waals surface area contributed by atoms with Crippen LogP contribution in [-0.2, 0) is 14.8 Å². The maximum atomic E-state index is 12.4. The Hall–Kier alpha value is -1.50. The van der Waals surface area contributed by atoms with Crippen LogP contribution in [0.1, 0.15) is 12.5 Å². The highest BCUT2D eigenvalue weighted by Crippen LogP contribution is 2.24. The lowest BCUT2D eigenvalue weighted by molar-refractivity contribution is -0.120. The van der Waals surface area contributed by atoms with Crippen molar-refractivity contribution in [2.75, 3.05) is 0 Å². The first-order valence-corrected chi connectivity index (χ1v) is 7.28. The van der Waals surface area contributed by atoms with Crippen LogP contribution in [-0.4, -0.2) is 35.9 Å². The van der Waals surface area contributed by atoms with Crippen molar-refractivity contribution in [2.45, 2.75) is 31.0 Å². The third kappa shape index (κ3) is 2.47. The summed E-state index contributed by atoms with van der Waals surface area (Å²) in [7, 11) is -3.90. The minimum absolute atomic E-state index is 0.0621. The van der Waals surface area contributed by atoms with Crippen LogP contribution >= 0.6 is 0 Å². The van der Waals surface area contributed by atoms with E-state index < -0.39 is 22.3 Å². The predicted molar refractivity (Wildman–Crippen MR) is 69.8 cm³/mol. The fraction of sp³-hybridized carbons (Fsp3) is 0.308. The number of aliphatic hydroxyl groups excluding tert-OH is 1. The smallest absolute Gasteiger partial charge is 0.246 e. The molecule has 0 amide bonds. The Morgan fingerprint density at radius 3 is 2.37 bits per heavy atom. The number of ketones is 1. The second-order valence-electron chi connectivity index (χ2n) is 4.50. The van der Waals surface area contributed by atoms with E-state index in [4.69, 9.17) is 0 Å². The molecule has 0 unspecified atom stereocenters. The number of carbonyl (C=O) groups excluding carboxylic acids is 1. The summed E-state index contributed by atoms with van der Waals surface area (Å²) in [4.78, 5) is 11.6. The highest BCUT2D eigenvalue weighted by atomic mass is 32.2. The van der Waals surface area contributed by atoms with Crippen molar-refractivity contribution in [3.05, 3.63) is 42.0 Å². The van der Waals surface area contributed by atoms with Gasteiger partial charge in [-0.2, -0.15) is 4.31 Å². The fourth-order valence-electron chi connectivity index (χ4n) is 1.94. The molecule has 5 nitrogen and oxygen atoms in total. The number of nitrogens with zero attached hydrogens (tertiary/aromatic N) is 1. The van der Waals surface area contributed by atoms with Gasteiger partial charge in [0.2, 0.25) is 10.0 Å². The fourth-order valence-corrected chi connectivity index (χ4v) is 3.54. The van der Waals surface area contributed by atoms with E-state index in [-0.39, 0.29) is 10.7 Å². The van der Waals surface area contributed by atoms with Crippen LogP contribution in [0.25, 0.3) is 0 Å². The summed E-state index contributed by atoms with van der Waals surface area (Å²) in [6.45, 7) is 3.31. The van der Waals surface area contributed by atoms with Crippen LogP contribution in [0.4, 0.5) is 0 Å². The van der Waals surface area contributed by atoms with Crippen molar-refractivity contribution < 1.29 is 18.3 Å². The SMILES string of the molecule is Cc1ccc(S(=O)(=O)N2[C@@H](O)C=CC(=O)[C@@H]2C)cc1. The van der Waals surface area contributed by atoms with Gasteiger partial charge in [0.25, 0.3) is 0 Å². The molecule has 1 aliphatic rings. The first-order valence-electron chi connectivity index (χ1n) is 5.84. The molecule has 0 bridgehead atoms. The van der Waals surface area contributed by atoms with Crippen molar-refractivity contribution in [1.29, 1.82) is 0 Å². The Morgan fingerprint density at radius 2 is 1.79 bits per heavy atom. The van der Waals surface area contributed by atoms with Gasteiger partial charge < -0.3 is 5.11 Å². The lowest BCUT2D eigenvalue weighted by Gasteiger charge is -2.32. The van der Waals surface area contributed by atoms with E-state index in [9.17, 15) is 18.3 Å². The number of rotatable bonds is 2. The molecule has 2 rings (SSSR count). The molecule has 19 heavy (non-hydrogen) atoms. The van der Waals surface area contributed by atoms with E-state index in [1.807, 2.05) is 6.92 Å². The number of sulfonamides is 1. The summed E-state index contributed by atoms with van der Waals surface area (Å²) in [5, 5.41) is 9.82. The Morgan fingerprint density at radius 1 is 1.21 bits per heavy atom. The first kappa shape index (κ1) is 13.9. The summed E-state index contributed by atoms with van der Waals surface area (Å²) in [6, 6.07) is 5.36. The van der Waals surface area contributed by atoms with E-state index in [1.54, 1.807) is 12.1 Å². The standard InChI is InChI=1S/C13H15NO4S/c1-9-3-5-11(6-4-9)19(17,18)14-10(2)12(15)7-8-13(14)16/h3-8,10,13,16H,1-2H3/t10-,13-/m0/s1. The molecule has 0 radical (unpaired) electrons. The summed E-state index contributed by atoms with van der Waals surface area (Å²) in [6.07, 6.45) is 1.06. The summed E-state index contributed by atoms with van der Waals surface area (Å²) in [5.41, 5.74) is 0.933. The first-order chi connectivity index (χ1) is 8.84. The molecule has 0 spiro atoms. The second kappa shape index (κ2) is 4.88. The van der Waals surface area contributed by atoms with Gasteiger partial charge in [0.05, 0.1) is 10.9 Å². The van der Waals surface area contributed by atoms with E-state index in [0.29, 0.717) is 0 Å². The maximum absolute atomic E-state index is 12.4. The molecule has 0 aromatic heterocycles. The van der Waals surface area contributed by atoms with Crippen LogP contribution in [0.3, 0.4) is 0 Å². The van der Waals surface area contributed by atoms with Crippen molar-refractivity contribution in [1.82, 2.24) is 4.31 Å². The zero-order valence-corrected chi connectivity index (χ0v) is 11.5. The van der Waals surface area contributed by atoms with Crippen molar-refractivity contribution in [2.24, 2.45) is 0 Å². The van der Waals surface area contributed by atoms with Crippen molar-refractivity contribution >= 4 is 15.8 Å². The van der Waals surface area contributed by atoms with Gasteiger partial charge in [-0.15, -0.1) is 0 Å². The number of hydrogen-bond acceptors (Lipinski definition) is 4. The molecule has 0 saturated heterocycles. The van der Waals surface area contributed by atoms with Gasteiger partial charge >= 0.3 is 0 Å². The Kier molecular flexibility index (Phi) is 3.58. The molecule has 1 N–H and O–H groups in total. The van der Waals surface area contributed by atoms with Gasteiger partial charge in [-0.25, -0.2) is 8.42 Å². The number of aliphatic hydroxyl groups is 1. The minimum atomic E-state index is -3.90. The second-order valence-corrected chi connectivity index (χ2v) is 6.34. The quantitative estimate of drug-likeness (QED) is 0.871. The van der Waals surface area contributed by atoms with Crippen molar-refractivity contribution in [3.63, 3.8) is 0 Å². The zero-order chi connectivity index (χ0) is 14.2. The molecule has 1 aromatic rings. The minimum Gasteiger partial charge on any atom is -0.374 e. The molecule has 2 atom stereocenters. The van der Waals surface area contributed by atoms with E-state index >= 15 is 0 Å². The molecular weight excluding hydrogens is 266 g/mol. The van der Waals surface area contributed by atoms with Crippen molar-refractivity contribution in [3.8, 4) is 0 Å². The average molecular weight is 281 g/mol. The Balaban J connectivity index is 2.47. The molecule has 1 aliphatic heterocycles. The maximum Gasteiger partial charge on any atom is 0.246 e. The molecule has 1 heterocycles. The largest absolute Gasteiger partial charge is 0.374 e. The number of hydrogen-bond donors (Lipinski definition) is 1. The zero-order valence-electron chi connectivity index (χ0n) is 10.6. The van der Waals surface area contributed by atoms with Crippen LogP contribution in [0.5, 0.6) is 0 Å². The number of benzene rings is 1. The van der Waals surface area contributed by atoms with E-state index in [0.717, 1.165) is 9.87 Å². The molecule has 1 aromatic carbocycles. The molecule has 0 aliphatic carbocycles. The van der Waals surface area contributed by atoms with Crippen LogP contribution in [0.2, 0.25) is 0 Å². The summed E-state index contributed by atoms with van der Waals surface area (Å²) < 4.78 is 25.7. The lowest BCUT2D eigenvalue weighted by Crippen LogP contribution is -2.50. The lowest BCUT2D eigenvalue weighted by atomic mass is 10.1. The van der Waals surface area contributed by atoms with Gasteiger partial charge in [0, 0.05) is 0 Å². The number of aryl methyl sites for hydroxylation is 1. The molecule has 0 fully saturated rings. The number of carbonyl (C=O) groups is 1. The average Bonchev–Trinajstić information content (AvgIpc) is 2.34. The van der Waals surface area contributed by atoms with E-state index in [2.05, 4.69) is 0 Å². The molecular formula is C13H15NO4S. The third-order valence-corrected chi connectivity index (χ3v) is 5.04. The highest BCUT2D eigenvalue weighted by molar-refractivity contribution is 7.89. The summed E-state index contributed by atoms with van der Waals surface area (Å²) in [5.74, 6) is -0.346. The van der Waals surface area contributed by atoms with Gasteiger partial charge in [0.15, 0.2) is 5.78 Å². The Bertz CT molecular complexity index is 619. The summed E-state index contributed by atoms with van der Waals surface area (Å²) >= 11 is 0. The van der Waals surface area contributed by atoms with Crippen LogP contribution in [0, 0.1) is 6.92 Å². The van der Waals surface area contributed by atoms with Gasteiger partial charge in [-0.1, -0.05) is 17.7 Å². The van der Waals surface area contributed by atoms with Crippen LogP contribution < -0.4 is 0 Å². The van der Waals surface area contributed by atoms with Crippen LogP contribution in [0.15, 0.2) is 41.3 Å². The Labute approximate surface area is 112 Å². The van der Waals surface area contributed by atoms with Gasteiger partial charge in [-0.05, 0) is 38.1 Å². The highest BCUT2D eigenvalue weighted by Gasteiger charge is 2.38. The topological polar surface area (TPSA) is 74.7 Å². The van der Waals surface area contributed by atoms with E-state index in [1.165, 1.54) is 31.2 Å². The van der Waals surface area contributed by atoms with Gasteiger partial charge in [0.1, 0.15) is 6.23 Å². The monoisotopic (exact) mass is 281 g/mol. The van der Waals surface area contributed by atoms with Gasteiger partial charge in [-0.3, -0.25) is 4.79 Å². The third-order valence-electron chi connectivity index (χ3n) is 3.08. The molecule has 0 saturated carbocycles. The normalized spacial score (nSPS) is 24.7. The predicted octanol–water partition coefficient (Wildman–Crippen LogP) is 0.832. The molecule has 102 valence electrons. The molecule has 6 heteroatoms.